The van der Waals surface area contributed by atoms with E-state index in [1.165, 1.54) is 190 Å². The van der Waals surface area contributed by atoms with E-state index in [9.17, 15) is 0 Å². The monoisotopic (exact) mass is 1870 g/mol. The summed E-state index contributed by atoms with van der Waals surface area (Å²) in [6.07, 6.45) is 3.77. The van der Waals surface area contributed by atoms with E-state index in [4.69, 9.17) is 23.8 Å². The molecule has 672 valence electrons. The average Bonchev–Trinajstić information content (AvgIpc) is 1.54. The minimum atomic E-state index is 0.455. The molecule has 0 bridgehead atoms. The number of hydrogen-bond donors (Lipinski definition) is 0. The highest BCUT2D eigenvalue weighted by atomic mass is 32.1. The first-order valence-electron chi connectivity index (χ1n) is 48.9. The molecule has 14 nitrogen and oxygen atoms in total. The number of hydrogen-bond acceptors (Lipinski definition) is 9. The Bertz CT molecular complexity index is 11200. The quantitative estimate of drug-likeness (QED) is 0.140. The highest BCUT2D eigenvalue weighted by Gasteiger charge is 2.28. The predicted octanol–water partition coefficient (Wildman–Crippen LogP) is 34.0. The van der Waals surface area contributed by atoms with E-state index < -0.39 is 0 Å². The Kier molecular flexibility index (Phi) is 16.7. The number of thiophene rings is 1. The lowest BCUT2D eigenvalue weighted by molar-refractivity contribution is 0.546. The van der Waals surface area contributed by atoms with Crippen LogP contribution in [-0.4, -0.2) is 57.0 Å². The van der Waals surface area contributed by atoms with Crippen molar-refractivity contribution in [3.63, 3.8) is 0 Å². The van der Waals surface area contributed by atoms with Gasteiger partial charge >= 0.3 is 6.01 Å². The molecule has 14 aromatic heterocycles. The fraction of sp³-hybridized carbons (Fsp3) is 0. The van der Waals surface area contributed by atoms with Crippen LogP contribution >= 0.6 is 11.3 Å². The molecular formula is C130H74N12O2S. The Hall–Kier alpha value is -19.5. The standard InChI is InChI=1S/C46H26N4O.C46H26N4S.C38H22N4O/c1-5-16-39-31(12-1)35-23-27(29-24-36-32-13-2-6-17-40(32)50-41-18-7-3-14-33(41)37(25-29)45(36)50)20-21-42(35)49(39)30-11-9-10-28(22-30)38-26-47-46-44(48-38)34-15-4-8-19-43(34)51-46;1-5-13-38-31(9-1)35-23-28(29-24-36-32-10-2-6-14-39(32)50-40-15-7-3-11-33(40)37(25-29)45(36)50)19-22-41(35)49(38)30-20-17-27(18-21-30)46-47-26-43-44(48-46)34-12-4-8-16-42(34)51-43;1-2-10-23(11-3-1)37-39-40-38(43-37)42-34-17-9-4-12-26(34)29-20-24(18-19-35(29)42)25-21-30-27-13-5-7-15-32(27)41-33-16-8-6-14-28(33)31(22-25)36(30)41/h2*1-26H;1-22H. The third-order valence-corrected chi connectivity index (χ3v) is 31.3. The Morgan fingerprint density at radius 1 is 0.207 bits per heavy atom. The maximum Gasteiger partial charge on any atom is 0.327 e. The summed E-state index contributed by atoms with van der Waals surface area (Å²) in [4.78, 5) is 19.4. The molecule has 0 N–H and O–H groups in total. The lowest BCUT2D eigenvalue weighted by Crippen LogP contribution is -1.95. The van der Waals surface area contributed by atoms with Gasteiger partial charge in [-0.2, -0.15) is 0 Å². The Morgan fingerprint density at radius 2 is 0.572 bits per heavy atom. The van der Waals surface area contributed by atoms with Crippen LogP contribution in [0.5, 0.6) is 0 Å². The summed E-state index contributed by atoms with van der Waals surface area (Å²) >= 11 is 1.74. The molecule has 0 spiro atoms. The molecule has 0 atom stereocenters. The second-order valence-corrected chi connectivity index (χ2v) is 39.1. The molecule has 20 aromatic carbocycles. The number of furan rings is 1. The Balaban J connectivity index is 0.0000000975. The first-order valence-corrected chi connectivity index (χ1v) is 49.7. The molecule has 0 saturated heterocycles. The van der Waals surface area contributed by atoms with Crippen molar-refractivity contribution in [2.75, 3.05) is 0 Å². The molecule has 0 fully saturated rings. The molecule has 34 aromatic rings. The summed E-state index contributed by atoms with van der Waals surface area (Å²) in [5, 5.41) is 33.6. The summed E-state index contributed by atoms with van der Waals surface area (Å²) < 4.78 is 28.6. The SMILES string of the molecule is c1cc(-c2cnc3oc4ccccc4c3n2)cc(-n2c3ccccc3c3cc(-c4cc5c6ccccc6n6c7ccccc7c(c4)c56)ccc32)c1.c1ccc(-c2nnc(-n3c4ccccc4c4cc(-c5cc6c7ccccc7n7c8ccccc8c(c5)c67)ccc43)o2)cc1.c1ccc2c(c1)sc1cnc(-c3ccc(-n4c5ccccc5c5cc(-c6cc7c8ccccc8n8c9ccccc9c(c6)c78)ccc54)cc3)nc12. The van der Waals surface area contributed by atoms with Crippen LogP contribution in [0.15, 0.2) is 458 Å². The summed E-state index contributed by atoms with van der Waals surface area (Å²) in [6.45, 7) is 0. The van der Waals surface area contributed by atoms with Gasteiger partial charge in [-0.25, -0.2) is 19.9 Å². The minimum Gasteiger partial charge on any atom is -0.436 e. The summed E-state index contributed by atoms with van der Waals surface area (Å²) in [5.74, 6) is 1.25. The van der Waals surface area contributed by atoms with Crippen LogP contribution in [0.1, 0.15) is 0 Å². The highest BCUT2D eigenvalue weighted by molar-refractivity contribution is 7.25. The number of fused-ring (bicyclic) bond motifs is 33. The molecule has 0 aliphatic rings. The van der Waals surface area contributed by atoms with E-state index in [-0.39, 0.29) is 0 Å². The number of nitrogens with zero attached hydrogens (tertiary/aromatic N) is 12. The lowest BCUT2D eigenvalue weighted by atomic mass is 9.98. The molecule has 14 heterocycles. The van der Waals surface area contributed by atoms with Gasteiger partial charge in [-0.05, 0) is 228 Å². The molecule has 34 rings (SSSR count). The van der Waals surface area contributed by atoms with Crippen molar-refractivity contribution in [1.29, 1.82) is 0 Å². The van der Waals surface area contributed by atoms with Gasteiger partial charge in [0, 0.05) is 147 Å². The zero-order valence-electron chi connectivity index (χ0n) is 77.3. The van der Waals surface area contributed by atoms with E-state index in [1.807, 2.05) is 60.8 Å². The van der Waals surface area contributed by atoms with Gasteiger partial charge < -0.3 is 31.2 Å². The first kappa shape index (κ1) is 79.4. The molecule has 0 radical (unpaired) electrons. The molecule has 0 aliphatic heterocycles. The number of benzene rings is 20. The van der Waals surface area contributed by atoms with Crippen molar-refractivity contribution < 1.29 is 8.83 Å². The Morgan fingerprint density at radius 3 is 1.04 bits per heavy atom. The third kappa shape index (κ3) is 11.7. The van der Waals surface area contributed by atoms with Gasteiger partial charge in [-0.3, -0.25) is 4.57 Å². The van der Waals surface area contributed by atoms with Crippen LogP contribution in [0.25, 0.3) is 307 Å². The predicted molar refractivity (Wildman–Crippen MR) is 598 cm³/mol. The van der Waals surface area contributed by atoms with E-state index in [0.717, 1.165) is 99.1 Å². The van der Waals surface area contributed by atoms with Gasteiger partial charge in [-0.1, -0.05) is 248 Å². The summed E-state index contributed by atoms with van der Waals surface area (Å²) in [5.41, 5.74) is 34.4. The Labute approximate surface area is 827 Å². The summed E-state index contributed by atoms with van der Waals surface area (Å²) in [7, 11) is 0. The fourth-order valence-electron chi connectivity index (χ4n) is 23.9. The van der Waals surface area contributed by atoms with Crippen LogP contribution in [0.3, 0.4) is 0 Å². The van der Waals surface area contributed by atoms with Crippen LogP contribution in [-0.2, 0) is 0 Å². The number of aromatic nitrogens is 12. The van der Waals surface area contributed by atoms with Crippen molar-refractivity contribution >= 4 is 234 Å². The second kappa shape index (κ2) is 30.5. The number of para-hydroxylation sites is 10. The topological polar surface area (TPSA) is 132 Å². The molecule has 0 saturated carbocycles. The van der Waals surface area contributed by atoms with Gasteiger partial charge in [0.2, 0.25) is 11.6 Å². The van der Waals surface area contributed by atoms with Crippen molar-refractivity contribution in [1.82, 2.24) is 57.0 Å². The van der Waals surface area contributed by atoms with Crippen LogP contribution in [0, 0.1) is 0 Å². The van der Waals surface area contributed by atoms with Crippen molar-refractivity contribution in [2.45, 2.75) is 0 Å². The van der Waals surface area contributed by atoms with Crippen molar-refractivity contribution in [3.8, 4) is 84.9 Å². The van der Waals surface area contributed by atoms with Crippen LogP contribution in [0.2, 0.25) is 0 Å². The molecular weight excluding hydrogens is 1790 g/mol. The largest absolute Gasteiger partial charge is 0.436 e. The van der Waals surface area contributed by atoms with Crippen LogP contribution in [0.4, 0.5) is 0 Å². The van der Waals surface area contributed by atoms with Gasteiger partial charge in [0.05, 0.1) is 105 Å². The van der Waals surface area contributed by atoms with Crippen LogP contribution < -0.4 is 0 Å². The van der Waals surface area contributed by atoms with Gasteiger partial charge in [0.25, 0.3) is 0 Å². The molecule has 15 heteroatoms. The normalized spacial score (nSPS) is 12.3. The minimum absolute atomic E-state index is 0.455. The second-order valence-electron chi connectivity index (χ2n) is 38.0. The maximum absolute atomic E-state index is 6.23. The van der Waals surface area contributed by atoms with E-state index in [2.05, 4.69) is 424 Å². The zero-order valence-corrected chi connectivity index (χ0v) is 78.1. The van der Waals surface area contributed by atoms with Crippen molar-refractivity contribution in [2.24, 2.45) is 0 Å². The zero-order chi connectivity index (χ0) is 94.5. The van der Waals surface area contributed by atoms with Gasteiger partial charge in [0.15, 0.2) is 5.82 Å². The highest BCUT2D eigenvalue weighted by Crippen LogP contribution is 2.50. The fourth-order valence-corrected chi connectivity index (χ4v) is 24.9. The summed E-state index contributed by atoms with van der Waals surface area (Å²) in [6, 6.07) is 157. The lowest BCUT2D eigenvalue weighted by Gasteiger charge is -2.10. The van der Waals surface area contributed by atoms with Gasteiger partial charge in [0.1, 0.15) is 11.1 Å². The van der Waals surface area contributed by atoms with Crippen molar-refractivity contribution in [3.05, 3.63) is 449 Å². The third-order valence-electron chi connectivity index (χ3n) is 30.2. The van der Waals surface area contributed by atoms with E-state index >= 15 is 0 Å². The average molecular weight is 1870 g/mol. The number of rotatable bonds is 9. The molecule has 145 heavy (non-hydrogen) atoms. The maximum atomic E-state index is 6.23. The molecule has 0 amide bonds. The van der Waals surface area contributed by atoms with E-state index in [1.54, 1.807) is 17.5 Å². The molecule has 0 unspecified atom stereocenters. The smallest absolute Gasteiger partial charge is 0.327 e. The molecule has 0 aliphatic carbocycles. The van der Waals surface area contributed by atoms with E-state index in [0.29, 0.717) is 17.6 Å². The first-order chi connectivity index (χ1) is 71.9. The van der Waals surface area contributed by atoms with Gasteiger partial charge in [-0.15, -0.1) is 16.4 Å².